The maximum atomic E-state index is 12.2. The fourth-order valence-electron chi connectivity index (χ4n) is 2.11. The van der Waals surface area contributed by atoms with Gasteiger partial charge in [0.15, 0.2) is 0 Å². The van der Waals surface area contributed by atoms with Gasteiger partial charge in [0.1, 0.15) is 5.78 Å². The fourth-order valence-corrected chi connectivity index (χ4v) is 2.58. The van der Waals surface area contributed by atoms with Crippen LogP contribution < -0.4 is 5.32 Å². The number of rotatable bonds is 3. The molecule has 0 radical (unpaired) electrons. The van der Waals surface area contributed by atoms with Crippen LogP contribution in [-0.4, -0.2) is 18.9 Å². The van der Waals surface area contributed by atoms with Crippen molar-refractivity contribution < 1.29 is 4.79 Å². The van der Waals surface area contributed by atoms with Gasteiger partial charge in [0.2, 0.25) is 0 Å². The van der Waals surface area contributed by atoms with Gasteiger partial charge in [-0.2, -0.15) is 0 Å². The minimum Gasteiger partial charge on any atom is -0.316 e. The largest absolute Gasteiger partial charge is 0.316 e. The Morgan fingerprint density at radius 3 is 2.82 bits per heavy atom. The first-order chi connectivity index (χ1) is 8.01. The van der Waals surface area contributed by atoms with E-state index in [1.165, 1.54) is 0 Å². The highest BCUT2D eigenvalue weighted by atomic mass is 35.5. The van der Waals surface area contributed by atoms with E-state index in [1.807, 2.05) is 13.0 Å². The molecule has 1 unspecified atom stereocenters. The SMILES string of the molecule is CC1(C(=O)Cc2ccc(Cl)cc2Cl)CCNC1. The molecule has 1 aliphatic rings. The number of hydrogen-bond donors (Lipinski definition) is 1. The summed E-state index contributed by atoms with van der Waals surface area (Å²) in [7, 11) is 0. The Hall–Kier alpha value is -0.570. The highest BCUT2D eigenvalue weighted by molar-refractivity contribution is 6.35. The Morgan fingerprint density at radius 1 is 1.47 bits per heavy atom. The Labute approximate surface area is 111 Å². The van der Waals surface area contributed by atoms with Gasteiger partial charge in [0.25, 0.3) is 0 Å². The lowest BCUT2D eigenvalue weighted by atomic mass is 9.82. The molecule has 92 valence electrons. The number of hydrogen-bond acceptors (Lipinski definition) is 2. The number of benzene rings is 1. The number of ketones is 1. The molecule has 1 fully saturated rings. The van der Waals surface area contributed by atoms with E-state index in [0.29, 0.717) is 16.5 Å². The molecule has 2 nitrogen and oxygen atoms in total. The number of carbonyl (C=O) groups is 1. The first-order valence-electron chi connectivity index (χ1n) is 5.69. The molecule has 0 saturated carbocycles. The van der Waals surface area contributed by atoms with E-state index in [1.54, 1.807) is 12.1 Å². The summed E-state index contributed by atoms with van der Waals surface area (Å²) >= 11 is 11.9. The van der Waals surface area contributed by atoms with Crippen LogP contribution in [0, 0.1) is 5.41 Å². The van der Waals surface area contributed by atoms with Crippen molar-refractivity contribution in [3.63, 3.8) is 0 Å². The van der Waals surface area contributed by atoms with Crippen LogP contribution in [0.5, 0.6) is 0 Å². The minimum atomic E-state index is -0.247. The summed E-state index contributed by atoms with van der Waals surface area (Å²) in [5.74, 6) is 0.242. The van der Waals surface area contributed by atoms with Gasteiger partial charge in [0, 0.05) is 28.4 Å². The standard InChI is InChI=1S/C13H15Cl2NO/c1-13(4-5-16-8-13)12(17)6-9-2-3-10(14)7-11(9)15/h2-3,7,16H,4-6,8H2,1H3. The lowest BCUT2D eigenvalue weighted by molar-refractivity contribution is -0.126. The first kappa shape index (κ1) is 12.9. The monoisotopic (exact) mass is 271 g/mol. The zero-order chi connectivity index (χ0) is 12.5. The van der Waals surface area contributed by atoms with Gasteiger partial charge in [-0.05, 0) is 30.7 Å². The Balaban J connectivity index is 2.13. The molecule has 2 rings (SSSR count). The molecule has 0 amide bonds. The summed E-state index contributed by atoms with van der Waals surface area (Å²) in [4.78, 5) is 12.2. The maximum Gasteiger partial charge on any atom is 0.144 e. The topological polar surface area (TPSA) is 29.1 Å². The summed E-state index contributed by atoms with van der Waals surface area (Å²) < 4.78 is 0. The van der Waals surface area contributed by atoms with Crippen LogP contribution in [0.2, 0.25) is 10.0 Å². The Morgan fingerprint density at radius 2 is 2.24 bits per heavy atom. The number of nitrogens with one attached hydrogen (secondary N) is 1. The second kappa shape index (κ2) is 4.97. The normalized spacial score (nSPS) is 23.9. The Kier molecular flexibility index (Phi) is 3.76. The molecule has 1 heterocycles. The lowest BCUT2D eigenvalue weighted by Crippen LogP contribution is -2.31. The van der Waals surface area contributed by atoms with E-state index >= 15 is 0 Å². The van der Waals surface area contributed by atoms with Gasteiger partial charge in [-0.3, -0.25) is 4.79 Å². The number of halogens is 2. The molecular weight excluding hydrogens is 257 g/mol. The van der Waals surface area contributed by atoms with Crippen molar-refractivity contribution in [2.75, 3.05) is 13.1 Å². The number of carbonyl (C=O) groups excluding carboxylic acids is 1. The van der Waals surface area contributed by atoms with Crippen molar-refractivity contribution in [2.24, 2.45) is 5.41 Å². The summed E-state index contributed by atoms with van der Waals surface area (Å²) in [6.45, 7) is 3.69. The molecule has 0 aliphatic carbocycles. The molecule has 1 aromatic rings. The summed E-state index contributed by atoms with van der Waals surface area (Å²) in [5.41, 5.74) is 0.609. The molecule has 17 heavy (non-hydrogen) atoms. The third-order valence-corrected chi connectivity index (χ3v) is 3.99. The van der Waals surface area contributed by atoms with Gasteiger partial charge in [0.05, 0.1) is 0 Å². The predicted octanol–water partition coefficient (Wildman–Crippen LogP) is 3.10. The van der Waals surface area contributed by atoms with Crippen molar-refractivity contribution >= 4 is 29.0 Å². The molecule has 1 aromatic carbocycles. The minimum absolute atomic E-state index is 0.242. The average molecular weight is 272 g/mol. The lowest BCUT2D eigenvalue weighted by Gasteiger charge is -2.21. The summed E-state index contributed by atoms with van der Waals surface area (Å²) in [6, 6.07) is 5.28. The van der Waals surface area contributed by atoms with Gasteiger partial charge >= 0.3 is 0 Å². The highest BCUT2D eigenvalue weighted by Gasteiger charge is 2.35. The first-order valence-corrected chi connectivity index (χ1v) is 6.45. The molecule has 1 saturated heterocycles. The molecular formula is C13H15Cl2NO. The molecule has 0 aromatic heterocycles. The third-order valence-electron chi connectivity index (χ3n) is 3.41. The van der Waals surface area contributed by atoms with E-state index in [-0.39, 0.29) is 11.2 Å². The van der Waals surface area contributed by atoms with Gasteiger partial charge in [-0.25, -0.2) is 0 Å². The summed E-state index contributed by atoms with van der Waals surface area (Å²) in [6.07, 6.45) is 1.28. The second-order valence-electron chi connectivity index (χ2n) is 4.82. The van der Waals surface area contributed by atoms with Gasteiger partial charge in [-0.1, -0.05) is 36.2 Å². The van der Waals surface area contributed by atoms with Crippen LogP contribution in [0.4, 0.5) is 0 Å². The fraction of sp³-hybridized carbons (Fsp3) is 0.462. The van der Waals surface area contributed by atoms with E-state index in [9.17, 15) is 4.79 Å². The van der Waals surface area contributed by atoms with Crippen LogP contribution >= 0.6 is 23.2 Å². The van der Waals surface area contributed by atoms with Gasteiger partial charge in [-0.15, -0.1) is 0 Å². The van der Waals surface area contributed by atoms with E-state index < -0.39 is 0 Å². The zero-order valence-electron chi connectivity index (χ0n) is 9.72. The Bertz CT molecular complexity index is 439. The van der Waals surface area contributed by atoms with Crippen molar-refractivity contribution in [1.29, 1.82) is 0 Å². The molecule has 1 N–H and O–H groups in total. The smallest absolute Gasteiger partial charge is 0.144 e. The van der Waals surface area contributed by atoms with Crippen LogP contribution in [0.3, 0.4) is 0 Å². The molecule has 0 spiro atoms. The quantitative estimate of drug-likeness (QED) is 0.916. The highest BCUT2D eigenvalue weighted by Crippen LogP contribution is 2.29. The van der Waals surface area contributed by atoms with Crippen molar-refractivity contribution in [3.05, 3.63) is 33.8 Å². The van der Waals surface area contributed by atoms with Gasteiger partial charge < -0.3 is 5.32 Å². The van der Waals surface area contributed by atoms with Crippen LogP contribution in [0.15, 0.2) is 18.2 Å². The molecule has 0 bridgehead atoms. The second-order valence-corrected chi connectivity index (χ2v) is 5.67. The van der Waals surface area contributed by atoms with E-state index in [0.717, 1.165) is 25.1 Å². The number of Topliss-reactive ketones (excluding diaryl/α,β-unsaturated/α-hetero) is 1. The molecule has 4 heteroatoms. The van der Waals surface area contributed by atoms with Crippen LogP contribution in [0.25, 0.3) is 0 Å². The summed E-state index contributed by atoms with van der Waals surface area (Å²) in [5, 5.41) is 4.40. The predicted molar refractivity (Wildman–Crippen MR) is 70.8 cm³/mol. The van der Waals surface area contributed by atoms with Crippen LogP contribution in [0.1, 0.15) is 18.9 Å². The van der Waals surface area contributed by atoms with Crippen LogP contribution in [-0.2, 0) is 11.2 Å². The van der Waals surface area contributed by atoms with E-state index in [2.05, 4.69) is 5.32 Å². The molecule has 1 aliphatic heterocycles. The van der Waals surface area contributed by atoms with Crippen molar-refractivity contribution in [2.45, 2.75) is 19.8 Å². The molecule has 1 atom stereocenters. The third kappa shape index (κ3) is 2.82. The maximum absolute atomic E-state index is 12.2. The van der Waals surface area contributed by atoms with E-state index in [4.69, 9.17) is 23.2 Å². The average Bonchev–Trinajstić information content (AvgIpc) is 2.71. The zero-order valence-corrected chi connectivity index (χ0v) is 11.2. The van der Waals surface area contributed by atoms with Crippen molar-refractivity contribution in [1.82, 2.24) is 5.32 Å². The van der Waals surface area contributed by atoms with Crippen molar-refractivity contribution in [3.8, 4) is 0 Å².